The average molecular weight is 343 g/mol. The summed E-state index contributed by atoms with van der Waals surface area (Å²) in [5, 5.41) is 8.96. The molecule has 1 atom stereocenters. The summed E-state index contributed by atoms with van der Waals surface area (Å²) in [4.78, 5) is 0. The highest BCUT2D eigenvalue weighted by molar-refractivity contribution is 7.90. The fraction of sp³-hybridized carbons (Fsp3) is 0.364. The van der Waals surface area contributed by atoms with Gasteiger partial charge in [0.25, 0.3) is 0 Å². The van der Waals surface area contributed by atoms with Gasteiger partial charge in [0.15, 0.2) is 0 Å². The van der Waals surface area contributed by atoms with Crippen molar-refractivity contribution in [3.8, 4) is 11.8 Å². The molecule has 0 aliphatic rings. The van der Waals surface area contributed by atoms with E-state index in [4.69, 9.17) is 21.6 Å². The van der Waals surface area contributed by atoms with Crippen LogP contribution in [0.25, 0.3) is 0 Å². The minimum atomic E-state index is -5.42. The quantitative estimate of drug-likeness (QED) is 0.891. The molecule has 0 spiro atoms. The van der Waals surface area contributed by atoms with Crippen molar-refractivity contribution in [2.45, 2.75) is 18.5 Å². The number of benzene rings is 1. The van der Waals surface area contributed by atoms with Crippen molar-refractivity contribution in [3.05, 3.63) is 28.8 Å². The standard InChI is InChI=1S/C11H10ClF3N2O3S/c1-7(17-21(18,19)11(13,14)15)6-20-9-2-3-10(12)8(4-9)5-16/h2-4,7,17H,6H2,1H3/t7-/m0/s1. The van der Waals surface area contributed by atoms with Crippen molar-refractivity contribution < 1.29 is 26.3 Å². The number of nitriles is 1. The largest absolute Gasteiger partial charge is 0.511 e. The van der Waals surface area contributed by atoms with E-state index in [1.807, 2.05) is 6.07 Å². The number of ether oxygens (including phenoxy) is 1. The topological polar surface area (TPSA) is 79.2 Å². The lowest BCUT2D eigenvalue weighted by atomic mass is 10.2. The normalized spacial score (nSPS) is 13.5. The molecule has 0 heterocycles. The number of hydrogen-bond acceptors (Lipinski definition) is 4. The van der Waals surface area contributed by atoms with Crippen molar-refractivity contribution in [2.24, 2.45) is 0 Å². The number of nitrogens with zero attached hydrogens (tertiary/aromatic N) is 1. The molecule has 0 amide bonds. The molecule has 10 heteroatoms. The number of nitrogens with one attached hydrogen (secondary N) is 1. The van der Waals surface area contributed by atoms with Crippen molar-refractivity contribution in [1.29, 1.82) is 5.26 Å². The second-order valence-electron chi connectivity index (χ2n) is 4.03. The lowest BCUT2D eigenvalue weighted by molar-refractivity contribution is -0.0451. The van der Waals surface area contributed by atoms with Gasteiger partial charge < -0.3 is 4.74 Å². The summed E-state index contributed by atoms with van der Waals surface area (Å²) in [6.45, 7) is 0.867. The Morgan fingerprint density at radius 3 is 2.62 bits per heavy atom. The molecule has 0 saturated heterocycles. The van der Waals surface area contributed by atoms with Gasteiger partial charge in [-0.3, -0.25) is 0 Å². The molecular weight excluding hydrogens is 333 g/mol. The van der Waals surface area contributed by atoms with Gasteiger partial charge in [-0.2, -0.15) is 18.4 Å². The summed E-state index contributed by atoms with van der Waals surface area (Å²) in [6, 6.07) is 4.79. The van der Waals surface area contributed by atoms with Gasteiger partial charge in [0.1, 0.15) is 18.4 Å². The van der Waals surface area contributed by atoms with E-state index in [0.29, 0.717) is 0 Å². The molecule has 0 aliphatic carbocycles. The van der Waals surface area contributed by atoms with Crippen LogP contribution in [0.5, 0.6) is 5.75 Å². The SMILES string of the molecule is C[C@@H](COc1ccc(Cl)c(C#N)c1)NS(=O)(=O)C(F)(F)F. The highest BCUT2D eigenvalue weighted by Crippen LogP contribution is 2.23. The Morgan fingerprint density at radius 1 is 1.48 bits per heavy atom. The van der Waals surface area contributed by atoms with Crippen molar-refractivity contribution in [2.75, 3.05) is 6.61 Å². The number of hydrogen-bond donors (Lipinski definition) is 1. The van der Waals surface area contributed by atoms with Gasteiger partial charge in [0, 0.05) is 0 Å². The monoisotopic (exact) mass is 342 g/mol. The second-order valence-corrected chi connectivity index (χ2v) is 6.15. The van der Waals surface area contributed by atoms with Gasteiger partial charge in [0.2, 0.25) is 0 Å². The summed E-state index contributed by atoms with van der Waals surface area (Å²) >= 11 is 5.70. The summed E-state index contributed by atoms with van der Waals surface area (Å²) in [6.07, 6.45) is 0. The maximum absolute atomic E-state index is 12.2. The van der Waals surface area contributed by atoms with Crippen LogP contribution in [-0.2, 0) is 10.0 Å². The first kappa shape index (κ1) is 17.6. The van der Waals surface area contributed by atoms with Gasteiger partial charge >= 0.3 is 15.5 Å². The molecule has 0 fully saturated rings. The van der Waals surface area contributed by atoms with E-state index >= 15 is 0 Å². The Labute approximate surface area is 124 Å². The fourth-order valence-electron chi connectivity index (χ4n) is 1.27. The first-order valence-electron chi connectivity index (χ1n) is 5.48. The fourth-order valence-corrected chi connectivity index (χ4v) is 2.16. The molecule has 1 aromatic rings. The first-order chi connectivity index (χ1) is 9.56. The molecule has 116 valence electrons. The Balaban J connectivity index is 2.66. The van der Waals surface area contributed by atoms with E-state index in [-0.39, 0.29) is 22.9 Å². The van der Waals surface area contributed by atoms with Crippen LogP contribution in [0.15, 0.2) is 18.2 Å². The molecule has 0 saturated carbocycles. The van der Waals surface area contributed by atoms with E-state index in [1.54, 1.807) is 0 Å². The van der Waals surface area contributed by atoms with Crippen LogP contribution in [0.4, 0.5) is 13.2 Å². The summed E-state index contributed by atoms with van der Waals surface area (Å²) in [5.41, 5.74) is -5.24. The molecule has 0 aromatic heterocycles. The summed E-state index contributed by atoms with van der Waals surface area (Å²) in [5.74, 6) is 0.189. The van der Waals surface area contributed by atoms with Crippen LogP contribution < -0.4 is 9.46 Å². The van der Waals surface area contributed by atoms with Crippen LogP contribution in [-0.4, -0.2) is 26.6 Å². The molecular formula is C11H10ClF3N2O3S. The van der Waals surface area contributed by atoms with Crippen LogP contribution >= 0.6 is 11.6 Å². The number of halogens is 4. The molecule has 1 N–H and O–H groups in total. The van der Waals surface area contributed by atoms with E-state index in [0.717, 1.165) is 0 Å². The summed E-state index contributed by atoms with van der Waals surface area (Å²) in [7, 11) is -5.42. The molecule has 0 unspecified atom stereocenters. The Morgan fingerprint density at radius 2 is 2.10 bits per heavy atom. The number of alkyl halides is 3. The van der Waals surface area contributed by atoms with E-state index in [2.05, 4.69) is 0 Å². The third kappa shape index (κ3) is 4.77. The predicted octanol–water partition coefficient (Wildman–Crippen LogP) is 2.42. The highest BCUT2D eigenvalue weighted by atomic mass is 35.5. The van der Waals surface area contributed by atoms with Crippen molar-refractivity contribution in [3.63, 3.8) is 0 Å². The zero-order chi connectivity index (χ0) is 16.3. The maximum atomic E-state index is 12.2. The zero-order valence-corrected chi connectivity index (χ0v) is 12.2. The van der Waals surface area contributed by atoms with Crippen LogP contribution in [0, 0.1) is 11.3 Å². The highest BCUT2D eigenvalue weighted by Gasteiger charge is 2.46. The first-order valence-corrected chi connectivity index (χ1v) is 7.34. The predicted molar refractivity (Wildman–Crippen MR) is 69.2 cm³/mol. The third-order valence-electron chi connectivity index (χ3n) is 2.22. The minimum Gasteiger partial charge on any atom is -0.492 e. The van der Waals surface area contributed by atoms with Gasteiger partial charge in [-0.05, 0) is 25.1 Å². The summed E-state index contributed by atoms with van der Waals surface area (Å²) < 4.78 is 64.8. The van der Waals surface area contributed by atoms with Gasteiger partial charge in [-0.15, -0.1) is 0 Å². The van der Waals surface area contributed by atoms with Gasteiger partial charge in [0.05, 0.1) is 16.6 Å². The smallest absolute Gasteiger partial charge is 0.492 e. The van der Waals surface area contributed by atoms with Crippen LogP contribution in [0.3, 0.4) is 0 Å². The molecule has 0 aliphatic heterocycles. The van der Waals surface area contributed by atoms with E-state index in [1.165, 1.54) is 29.8 Å². The lowest BCUT2D eigenvalue weighted by Crippen LogP contribution is -2.43. The maximum Gasteiger partial charge on any atom is 0.511 e. The van der Waals surface area contributed by atoms with Crippen LogP contribution in [0.2, 0.25) is 5.02 Å². The van der Waals surface area contributed by atoms with E-state index in [9.17, 15) is 21.6 Å². The Hall–Kier alpha value is -1.50. The molecule has 0 bridgehead atoms. The molecule has 5 nitrogen and oxygen atoms in total. The number of sulfonamides is 1. The lowest BCUT2D eigenvalue weighted by Gasteiger charge is -2.16. The average Bonchev–Trinajstić information content (AvgIpc) is 2.36. The zero-order valence-electron chi connectivity index (χ0n) is 10.6. The van der Waals surface area contributed by atoms with E-state index < -0.39 is 21.6 Å². The molecule has 1 rings (SSSR count). The minimum absolute atomic E-state index is 0.137. The third-order valence-corrected chi connectivity index (χ3v) is 3.87. The van der Waals surface area contributed by atoms with Crippen LogP contribution in [0.1, 0.15) is 12.5 Å². The second kappa shape index (κ2) is 6.51. The molecule has 1 aromatic carbocycles. The Kier molecular flexibility index (Phi) is 5.44. The van der Waals surface area contributed by atoms with Crippen molar-refractivity contribution >= 4 is 21.6 Å². The van der Waals surface area contributed by atoms with Gasteiger partial charge in [-0.25, -0.2) is 13.1 Å². The van der Waals surface area contributed by atoms with Crippen molar-refractivity contribution in [1.82, 2.24) is 4.72 Å². The Bertz CT molecular complexity index is 656. The molecule has 0 radical (unpaired) electrons. The number of rotatable bonds is 5. The molecule has 21 heavy (non-hydrogen) atoms. The van der Waals surface area contributed by atoms with Gasteiger partial charge in [-0.1, -0.05) is 11.6 Å².